The molecule has 1 saturated heterocycles. The molecule has 1 fully saturated rings. The number of ether oxygens (including phenoxy) is 2. The standard InChI is InChI=1S/C36H35N5O3S2/c1-45-35-31(23-37)33(25-9-5-15-30(21-25)44-28-12-3-2-4-13-28)34(46-35)32-16-17-38-36(40-32)39-26-10-6-14-29(22-26)43-20-8-19-41-18-7-11-27(42)24-41/h2-6,9-10,12-17,21-22,27,42H,7-8,11,18-20,24H2,1H3,(H,38,39,40). The third-order valence-corrected chi connectivity index (χ3v) is 9.95. The Balaban J connectivity index is 1.19. The Morgan fingerprint density at radius 3 is 2.70 bits per heavy atom. The normalized spacial score (nSPS) is 14.8. The average Bonchev–Trinajstić information content (AvgIpc) is 3.47. The van der Waals surface area contributed by atoms with Crippen LogP contribution < -0.4 is 14.8 Å². The lowest BCUT2D eigenvalue weighted by molar-refractivity contribution is 0.0679. The minimum atomic E-state index is -0.212. The zero-order chi connectivity index (χ0) is 31.7. The van der Waals surface area contributed by atoms with E-state index >= 15 is 0 Å². The van der Waals surface area contributed by atoms with Gasteiger partial charge in [-0.15, -0.1) is 23.1 Å². The summed E-state index contributed by atoms with van der Waals surface area (Å²) >= 11 is 3.11. The van der Waals surface area contributed by atoms with Crippen LogP contribution in [0.2, 0.25) is 0 Å². The Bertz CT molecular complexity index is 1810. The first-order chi connectivity index (χ1) is 22.6. The summed E-state index contributed by atoms with van der Waals surface area (Å²) in [6.07, 6.45) is 6.33. The van der Waals surface area contributed by atoms with E-state index in [-0.39, 0.29) is 6.10 Å². The number of para-hydroxylation sites is 1. The number of nitriles is 1. The van der Waals surface area contributed by atoms with Crippen LogP contribution in [0.25, 0.3) is 21.7 Å². The number of thioether (sulfide) groups is 1. The quantitative estimate of drug-likeness (QED) is 0.102. The Morgan fingerprint density at radius 2 is 1.87 bits per heavy atom. The Kier molecular flexibility index (Phi) is 10.5. The number of thiophene rings is 1. The van der Waals surface area contributed by atoms with E-state index in [0.29, 0.717) is 23.9 Å². The topological polar surface area (TPSA) is 104 Å². The highest BCUT2D eigenvalue weighted by molar-refractivity contribution is 8.00. The van der Waals surface area contributed by atoms with Crippen LogP contribution in [0, 0.1) is 11.3 Å². The maximum Gasteiger partial charge on any atom is 0.227 e. The lowest BCUT2D eigenvalue weighted by Crippen LogP contribution is -2.39. The number of hydrogen-bond acceptors (Lipinski definition) is 10. The van der Waals surface area contributed by atoms with Crippen LogP contribution >= 0.6 is 23.1 Å². The maximum absolute atomic E-state index is 10.2. The van der Waals surface area contributed by atoms with Gasteiger partial charge >= 0.3 is 0 Å². The molecule has 3 heterocycles. The molecular weight excluding hydrogens is 615 g/mol. The fraction of sp³-hybridized carbons (Fsp3) is 0.250. The number of rotatable bonds is 12. The molecule has 2 N–H and O–H groups in total. The van der Waals surface area contributed by atoms with E-state index in [2.05, 4.69) is 21.3 Å². The molecule has 46 heavy (non-hydrogen) atoms. The van der Waals surface area contributed by atoms with Crippen molar-refractivity contribution >= 4 is 34.7 Å². The summed E-state index contributed by atoms with van der Waals surface area (Å²) in [6, 6.07) is 29.5. The second-order valence-corrected chi connectivity index (χ2v) is 13.0. The van der Waals surface area contributed by atoms with E-state index in [4.69, 9.17) is 14.5 Å². The molecule has 8 nitrogen and oxygen atoms in total. The number of β-amino-alcohol motifs (C(OH)–C–C–N with tert-alkyl or cyclic N) is 1. The summed E-state index contributed by atoms with van der Waals surface area (Å²) in [5.41, 5.74) is 3.87. The number of aromatic nitrogens is 2. The third-order valence-electron chi connectivity index (χ3n) is 7.62. The molecule has 1 unspecified atom stereocenters. The van der Waals surface area contributed by atoms with Crippen molar-refractivity contribution in [2.45, 2.75) is 29.6 Å². The molecule has 0 spiro atoms. The van der Waals surface area contributed by atoms with Crippen LogP contribution in [0.3, 0.4) is 0 Å². The minimum Gasteiger partial charge on any atom is -0.493 e. The zero-order valence-corrected chi connectivity index (χ0v) is 27.2. The summed E-state index contributed by atoms with van der Waals surface area (Å²) < 4.78 is 13.1. The highest BCUT2D eigenvalue weighted by atomic mass is 32.2. The van der Waals surface area contributed by atoms with Crippen LogP contribution in [0.15, 0.2) is 95.3 Å². The number of hydrogen-bond donors (Lipinski definition) is 2. The van der Waals surface area contributed by atoms with Crippen molar-refractivity contribution in [3.8, 4) is 45.0 Å². The molecule has 0 radical (unpaired) electrons. The van der Waals surface area contributed by atoms with E-state index in [1.165, 1.54) is 0 Å². The number of likely N-dealkylation sites (tertiary alicyclic amines) is 1. The first-order valence-electron chi connectivity index (χ1n) is 15.3. The summed E-state index contributed by atoms with van der Waals surface area (Å²) in [5, 5.41) is 23.4. The monoisotopic (exact) mass is 649 g/mol. The van der Waals surface area contributed by atoms with Gasteiger partial charge in [0.05, 0.1) is 33.1 Å². The van der Waals surface area contributed by atoms with Crippen molar-refractivity contribution in [2.75, 3.05) is 37.8 Å². The van der Waals surface area contributed by atoms with Crippen LogP contribution in [-0.2, 0) is 0 Å². The summed E-state index contributed by atoms with van der Waals surface area (Å²) in [7, 11) is 0. The lowest BCUT2D eigenvalue weighted by atomic mass is 10.0. The van der Waals surface area contributed by atoms with E-state index in [0.717, 1.165) is 82.0 Å². The van der Waals surface area contributed by atoms with Gasteiger partial charge in [0.15, 0.2) is 0 Å². The van der Waals surface area contributed by atoms with Crippen LogP contribution in [0.1, 0.15) is 24.8 Å². The third kappa shape index (κ3) is 7.87. The molecule has 0 saturated carbocycles. The summed E-state index contributed by atoms with van der Waals surface area (Å²) in [6.45, 7) is 3.29. The molecule has 234 valence electrons. The number of aliphatic hydroxyl groups excluding tert-OH is 1. The van der Waals surface area contributed by atoms with E-state index in [1.54, 1.807) is 29.3 Å². The number of piperidine rings is 1. The number of benzene rings is 3. The molecule has 0 aliphatic carbocycles. The van der Waals surface area contributed by atoms with Gasteiger partial charge < -0.3 is 24.8 Å². The molecule has 1 aliphatic rings. The van der Waals surface area contributed by atoms with Crippen LogP contribution in [0.4, 0.5) is 11.6 Å². The van der Waals surface area contributed by atoms with Crippen molar-refractivity contribution in [2.24, 2.45) is 0 Å². The highest BCUT2D eigenvalue weighted by Crippen LogP contribution is 2.46. The van der Waals surface area contributed by atoms with E-state index in [1.807, 2.05) is 91.2 Å². The molecule has 2 aromatic heterocycles. The number of nitrogens with zero attached hydrogens (tertiary/aromatic N) is 4. The highest BCUT2D eigenvalue weighted by Gasteiger charge is 2.22. The average molecular weight is 650 g/mol. The molecule has 0 bridgehead atoms. The predicted molar refractivity (Wildman–Crippen MR) is 185 cm³/mol. The van der Waals surface area contributed by atoms with Gasteiger partial charge in [-0.25, -0.2) is 9.97 Å². The number of anilines is 2. The molecule has 6 rings (SSSR count). The zero-order valence-electron chi connectivity index (χ0n) is 25.6. The molecule has 1 aliphatic heterocycles. The minimum absolute atomic E-state index is 0.212. The van der Waals surface area contributed by atoms with Gasteiger partial charge in [-0.3, -0.25) is 0 Å². The van der Waals surface area contributed by atoms with Crippen molar-refractivity contribution in [1.82, 2.24) is 14.9 Å². The van der Waals surface area contributed by atoms with Gasteiger partial charge in [-0.05, 0) is 80.1 Å². The maximum atomic E-state index is 10.2. The first-order valence-corrected chi connectivity index (χ1v) is 17.3. The smallest absolute Gasteiger partial charge is 0.227 e. The van der Waals surface area contributed by atoms with Gasteiger partial charge in [0.1, 0.15) is 23.3 Å². The van der Waals surface area contributed by atoms with Crippen LogP contribution in [-0.4, -0.2) is 58.6 Å². The van der Waals surface area contributed by atoms with Crippen molar-refractivity contribution in [3.63, 3.8) is 0 Å². The lowest BCUT2D eigenvalue weighted by Gasteiger charge is -2.29. The Hall–Kier alpha value is -4.40. The molecule has 5 aromatic rings. The Labute approximate surface area is 277 Å². The second-order valence-electron chi connectivity index (χ2n) is 10.9. The van der Waals surface area contributed by atoms with Crippen LogP contribution in [0.5, 0.6) is 17.2 Å². The van der Waals surface area contributed by atoms with Crippen molar-refractivity contribution < 1.29 is 14.6 Å². The summed E-state index contributed by atoms with van der Waals surface area (Å²) in [4.78, 5) is 12.5. The molecule has 10 heteroatoms. The van der Waals surface area contributed by atoms with Crippen molar-refractivity contribution in [3.05, 3.63) is 96.7 Å². The molecule has 1 atom stereocenters. The van der Waals surface area contributed by atoms with Crippen molar-refractivity contribution in [1.29, 1.82) is 5.26 Å². The first kappa shape index (κ1) is 31.6. The number of nitrogens with one attached hydrogen (secondary N) is 1. The Morgan fingerprint density at radius 1 is 1.04 bits per heavy atom. The van der Waals surface area contributed by atoms with E-state index < -0.39 is 0 Å². The SMILES string of the molecule is CSc1sc(-c2ccnc(Nc3cccc(OCCCN4CCCC(O)C4)c3)n2)c(-c2cccc(Oc3ccccc3)c2)c1C#N. The van der Waals surface area contributed by atoms with Gasteiger partial charge in [-0.2, -0.15) is 5.26 Å². The summed E-state index contributed by atoms with van der Waals surface area (Å²) in [5.74, 6) is 2.65. The molecular formula is C36H35N5O3S2. The molecule has 3 aromatic carbocycles. The predicted octanol–water partition coefficient (Wildman–Crippen LogP) is 8.23. The van der Waals surface area contributed by atoms with Gasteiger partial charge in [-0.1, -0.05) is 36.4 Å². The van der Waals surface area contributed by atoms with Gasteiger partial charge in [0.25, 0.3) is 0 Å². The van der Waals surface area contributed by atoms with Gasteiger partial charge in [0.2, 0.25) is 5.95 Å². The van der Waals surface area contributed by atoms with Gasteiger partial charge in [0, 0.05) is 36.6 Å². The van der Waals surface area contributed by atoms with E-state index in [9.17, 15) is 10.4 Å². The fourth-order valence-electron chi connectivity index (χ4n) is 5.50. The largest absolute Gasteiger partial charge is 0.493 e. The second kappa shape index (κ2) is 15.3. The number of aliphatic hydroxyl groups is 1. The molecule has 0 amide bonds. The fourth-order valence-corrected chi connectivity index (χ4v) is 7.41.